The number of carbonyl (C=O) groups excluding carboxylic acids is 2. The van der Waals surface area contributed by atoms with Crippen molar-refractivity contribution in [3.63, 3.8) is 0 Å². The van der Waals surface area contributed by atoms with Crippen molar-refractivity contribution in [3.8, 4) is 5.75 Å². The molecule has 0 aliphatic carbocycles. The molecule has 0 fully saturated rings. The maximum absolute atomic E-state index is 12.4. The van der Waals surface area contributed by atoms with Crippen molar-refractivity contribution < 1.29 is 14.3 Å². The summed E-state index contributed by atoms with van der Waals surface area (Å²) in [5.41, 5.74) is 2.54. The molecule has 0 radical (unpaired) electrons. The van der Waals surface area contributed by atoms with E-state index in [1.54, 1.807) is 50.5 Å². The van der Waals surface area contributed by atoms with E-state index in [0.717, 1.165) is 5.69 Å². The van der Waals surface area contributed by atoms with Crippen molar-refractivity contribution in [1.29, 1.82) is 0 Å². The number of hydrogen-bond acceptors (Lipinski definition) is 4. The predicted molar refractivity (Wildman–Crippen MR) is 86.9 cm³/mol. The van der Waals surface area contributed by atoms with E-state index in [4.69, 9.17) is 4.74 Å². The van der Waals surface area contributed by atoms with Crippen molar-refractivity contribution in [3.05, 3.63) is 47.8 Å². The fraction of sp³-hybridized carbons (Fsp3) is 0.235. The van der Waals surface area contributed by atoms with Crippen LogP contribution in [0.3, 0.4) is 0 Å². The quantitative estimate of drug-likeness (QED) is 0.924. The molecule has 1 aromatic carbocycles. The third-order valence-electron chi connectivity index (χ3n) is 3.72. The molecule has 1 atom stereocenters. The highest BCUT2D eigenvalue weighted by Gasteiger charge is 2.29. The predicted octanol–water partition coefficient (Wildman–Crippen LogP) is 2.39. The lowest BCUT2D eigenvalue weighted by Gasteiger charge is -2.30. The standard InChI is InChI=1S/C17H17N3O3/c1-10-8-13(6-7-18-10)19-16(21)12-4-5-15-14(9-12)20(3)17(22)11(2)23-15/h4-9,11H,1-3H3,(H,18,19,21). The summed E-state index contributed by atoms with van der Waals surface area (Å²) in [5.74, 6) is 0.202. The molecule has 23 heavy (non-hydrogen) atoms. The van der Waals surface area contributed by atoms with E-state index >= 15 is 0 Å². The second kappa shape index (κ2) is 5.72. The molecule has 1 N–H and O–H groups in total. The maximum atomic E-state index is 12.4. The fourth-order valence-corrected chi connectivity index (χ4v) is 2.48. The van der Waals surface area contributed by atoms with E-state index in [1.807, 2.05) is 6.92 Å². The first-order valence-electron chi connectivity index (χ1n) is 7.28. The highest BCUT2D eigenvalue weighted by molar-refractivity contribution is 6.06. The number of nitrogens with zero attached hydrogens (tertiary/aromatic N) is 2. The lowest BCUT2D eigenvalue weighted by molar-refractivity contribution is -0.125. The van der Waals surface area contributed by atoms with Crippen molar-refractivity contribution >= 4 is 23.2 Å². The number of rotatable bonds is 2. The molecule has 0 saturated carbocycles. The first-order valence-corrected chi connectivity index (χ1v) is 7.28. The number of anilines is 2. The number of aryl methyl sites for hydroxylation is 1. The molecule has 6 heteroatoms. The van der Waals surface area contributed by atoms with Crippen LogP contribution in [0.25, 0.3) is 0 Å². The SMILES string of the molecule is Cc1cc(NC(=O)c2ccc3c(c2)N(C)C(=O)C(C)O3)ccn1. The summed E-state index contributed by atoms with van der Waals surface area (Å²) < 4.78 is 5.55. The zero-order chi connectivity index (χ0) is 16.6. The topological polar surface area (TPSA) is 71.5 Å². The molecule has 0 saturated heterocycles. The Morgan fingerprint density at radius 3 is 2.83 bits per heavy atom. The van der Waals surface area contributed by atoms with Gasteiger partial charge in [-0.25, -0.2) is 0 Å². The zero-order valence-electron chi connectivity index (χ0n) is 13.2. The van der Waals surface area contributed by atoms with Crippen LogP contribution >= 0.6 is 0 Å². The second-order valence-corrected chi connectivity index (χ2v) is 5.48. The summed E-state index contributed by atoms with van der Waals surface area (Å²) in [6, 6.07) is 8.56. The van der Waals surface area contributed by atoms with Crippen LogP contribution in [0.4, 0.5) is 11.4 Å². The molecule has 118 valence electrons. The van der Waals surface area contributed by atoms with Gasteiger partial charge in [-0.3, -0.25) is 14.6 Å². The van der Waals surface area contributed by atoms with Crippen LogP contribution in [-0.2, 0) is 4.79 Å². The van der Waals surface area contributed by atoms with Gasteiger partial charge in [0.25, 0.3) is 11.8 Å². The molecule has 1 aliphatic heterocycles. The molecular formula is C17H17N3O3. The van der Waals surface area contributed by atoms with Gasteiger partial charge in [0.1, 0.15) is 5.75 Å². The number of fused-ring (bicyclic) bond motifs is 1. The summed E-state index contributed by atoms with van der Waals surface area (Å²) in [7, 11) is 1.67. The molecule has 2 aromatic rings. The lowest BCUT2D eigenvalue weighted by atomic mass is 10.1. The smallest absolute Gasteiger partial charge is 0.267 e. The van der Waals surface area contributed by atoms with Crippen LogP contribution in [0.5, 0.6) is 5.75 Å². The van der Waals surface area contributed by atoms with E-state index < -0.39 is 6.10 Å². The van der Waals surface area contributed by atoms with Crippen molar-refractivity contribution in [2.75, 3.05) is 17.3 Å². The van der Waals surface area contributed by atoms with Crippen LogP contribution in [0.15, 0.2) is 36.5 Å². The number of ether oxygens (including phenoxy) is 1. The average molecular weight is 311 g/mol. The van der Waals surface area contributed by atoms with E-state index in [0.29, 0.717) is 22.7 Å². The van der Waals surface area contributed by atoms with E-state index in [1.165, 1.54) is 4.90 Å². The van der Waals surface area contributed by atoms with E-state index in [9.17, 15) is 9.59 Å². The van der Waals surface area contributed by atoms with Gasteiger partial charge in [0.15, 0.2) is 6.10 Å². The van der Waals surface area contributed by atoms with Gasteiger partial charge in [0.05, 0.1) is 5.69 Å². The minimum Gasteiger partial charge on any atom is -0.479 e. The Labute approximate surface area is 134 Å². The number of amides is 2. The fourth-order valence-electron chi connectivity index (χ4n) is 2.48. The average Bonchev–Trinajstić information content (AvgIpc) is 2.52. The summed E-state index contributed by atoms with van der Waals surface area (Å²) in [5, 5.41) is 2.82. The first kappa shape index (κ1) is 15.0. The minimum absolute atomic E-state index is 0.139. The van der Waals surface area contributed by atoms with Crippen molar-refractivity contribution in [2.45, 2.75) is 20.0 Å². The van der Waals surface area contributed by atoms with Gasteiger partial charge in [-0.2, -0.15) is 0 Å². The molecule has 2 heterocycles. The molecular weight excluding hydrogens is 294 g/mol. The molecule has 3 rings (SSSR count). The van der Waals surface area contributed by atoms with Gasteiger partial charge in [-0.15, -0.1) is 0 Å². The van der Waals surface area contributed by atoms with Crippen LogP contribution in [0.2, 0.25) is 0 Å². The maximum Gasteiger partial charge on any atom is 0.267 e. The number of likely N-dealkylation sites (N-methyl/N-ethyl adjacent to an activating group) is 1. The molecule has 1 aliphatic rings. The monoisotopic (exact) mass is 311 g/mol. The van der Waals surface area contributed by atoms with Crippen LogP contribution in [0.1, 0.15) is 23.0 Å². The Morgan fingerprint density at radius 2 is 2.09 bits per heavy atom. The van der Waals surface area contributed by atoms with Crippen LogP contribution in [-0.4, -0.2) is 29.9 Å². The Balaban J connectivity index is 1.87. The Kier molecular flexibility index (Phi) is 3.73. The number of aromatic nitrogens is 1. The van der Waals surface area contributed by atoms with E-state index in [2.05, 4.69) is 10.3 Å². The first-order chi connectivity index (χ1) is 11.0. The number of benzene rings is 1. The Hall–Kier alpha value is -2.89. The third-order valence-corrected chi connectivity index (χ3v) is 3.72. The summed E-state index contributed by atoms with van der Waals surface area (Å²) in [4.78, 5) is 30.0. The van der Waals surface area contributed by atoms with Crippen LogP contribution < -0.4 is 15.0 Å². The highest BCUT2D eigenvalue weighted by atomic mass is 16.5. The third kappa shape index (κ3) is 2.88. The molecule has 6 nitrogen and oxygen atoms in total. The van der Waals surface area contributed by atoms with Gasteiger partial charge >= 0.3 is 0 Å². The summed E-state index contributed by atoms with van der Waals surface area (Å²) in [6.07, 6.45) is 1.12. The number of pyridine rings is 1. The van der Waals surface area contributed by atoms with Gasteiger partial charge < -0.3 is 15.0 Å². The molecule has 1 aromatic heterocycles. The Morgan fingerprint density at radius 1 is 1.30 bits per heavy atom. The normalized spacial score (nSPS) is 16.6. The largest absolute Gasteiger partial charge is 0.479 e. The number of hydrogen-bond donors (Lipinski definition) is 1. The summed E-state index contributed by atoms with van der Waals surface area (Å²) in [6.45, 7) is 3.56. The van der Waals surface area contributed by atoms with Crippen molar-refractivity contribution in [1.82, 2.24) is 4.98 Å². The Bertz CT molecular complexity index is 788. The molecule has 2 amide bonds. The van der Waals surface area contributed by atoms with Gasteiger partial charge in [-0.05, 0) is 44.2 Å². The lowest BCUT2D eigenvalue weighted by Crippen LogP contribution is -2.42. The second-order valence-electron chi connectivity index (χ2n) is 5.48. The van der Waals surface area contributed by atoms with Crippen molar-refractivity contribution in [2.24, 2.45) is 0 Å². The van der Waals surface area contributed by atoms with Gasteiger partial charge in [0.2, 0.25) is 0 Å². The van der Waals surface area contributed by atoms with E-state index in [-0.39, 0.29) is 11.8 Å². The number of nitrogens with one attached hydrogen (secondary N) is 1. The molecule has 0 spiro atoms. The van der Waals surface area contributed by atoms with Gasteiger partial charge in [-0.1, -0.05) is 0 Å². The zero-order valence-corrected chi connectivity index (χ0v) is 13.2. The molecule has 1 unspecified atom stereocenters. The highest BCUT2D eigenvalue weighted by Crippen LogP contribution is 2.34. The summed E-state index contributed by atoms with van der Waals surface area (Å²) >= 11 is 0. The molecule has 0 bridgehead atoms. The minimum atomic E-state index is -0.521. The number of carbonyl (C=O) groups is 2. The van der Waals surface area contributed by atoms with Crippen LogP contribution in [0, 0.1) is 6.92 Å². The van der Waals surface area contributed by atoms with Gasteiger partial charge in [0, 0.05) is 30.2 Å².